The molecule has 0 radical (unpaired) electrons. The van der Waals surface area contributed by atoms with Crippen molar-refractivity contribution in [2.75, 3.05) is 7.11 Å². The fourth-order valence-electron chi connectivity index (χ4n) is 0.834. The average molecular weight is 233 g/mol. The molecule has 1 rings (SSSR count). The average Bonchev–Trinajstić information content (AvgIpc) is 2.30. The topological polar surface area (TPSA) is 44.1 Å². The summed E-state index contributed by atoms with van der Waals surface area (Å²) in [6, 6.07) is 0. The second kappa shape index (κ2) is 3.71. The minimum Gasteiger partial charge on any atom is -0.469 e. The molecule has 4 nitrogen and oxygen atoms in total. The van der Waals surface area contributed by atoms with Crippen molar-refractivity contribution in [2.45, 2.75) is 6.42 Å². The summed E-state index contributed by atoms with van der Waals surface area (Å²) >= 11 is 3.28. The summed E-state index contributed by atoms with van der Waals surface area (Å²) in [5.41, 5.74) is 0.698. The Morgan fingerprint density at radius 1 is 1.83 bits per heavy atom. The maximum atomic E-state index is 10.9. The number of halogens is 1. The highest BCUT2D eigenvalue weighted by molar-refractivity contribution is 9.10. The molecule has 0 unspecified atom stereocenters. The lowest BCUT2D eigenvalue weighted by atomic mass is 10.3. The van der Waals surface area contributed by atoms with Crippen molar-refractivity contribution in [3.63, 3.8) is 0 Å². The lowest BCUT2D eigenvalue weighted by Crippen LogP contribution is -2.05. The molecular weight excluding hydrogens is 224 g/mol. The molecule has 1 aromatic rings. The van der Waals surface area contributed by atoms with Crippen molar-refractivity contribution in [1.29, 1.82) is 0 Å². The Balaban J connectivity index is 2.75. The fourth-order valence-corrected chi connectivity index (χ4v) is 1.35. The summed E-state index contributed by atoms with van der Waals surface area (Å²) in [7, 11) is 3.16. The lowest BCUT2D eigenvalue weighted by Gasteiger charge is -1.94. The number of aryl methyl sites for hydroxylation is 1. The van der Waals surface area contributed by atoms with E-state index in [2.05, 4.69) is 25.8 Å². The van der Waals surface area contributed by atoms with E-state index < -0.39 is 0 Å². The van der Waals surface area contributed by atoms with Gasteiger partial charge in [-0.1, -0.05) is 0 Å². The van der Waals surface area contributed by atoms with E-state index in [1.165, 1.54) is 7.11 Å². The summed E-state index contributed by atoms with van der Waals surface area (Å²) in [6.07, 6.45) is 2.00. The number of aromatic nitrogens is 2. The van der Waals surface area contributed by atoms with Crippen molar-refractivity contribution in [1.82, 2.24) is 9.78 Å². The number of nitrogens with zero attached hydrogens (tertiary/aromatic N) is 2. The molecule has 0 aliphatic heterocycles. The number of hydrogen-bond acceptors (Lipinski definition) is 3. The number of hydrogen-bond donors (Lipinski definition) is 0. The number of ether oxygens (including phenoxy) is 1. The molecule has 0 amide bonds. The zero-order valence-electron chi connectivity index (χ0n) is 6.87. The molecule has 0 bridgehead atoms. The third-order valence-electron chi connectivity index (χ3n) is 1.39. The lowest BCUT2D eigenvalue weighted by molar-refractivity contribution is -0.139. The van der Waals surface area contributed by atoms with Gasteiger partial charge in [0.2, 0.25) is 0 Å². The van der Waals surface area contributed by atoms with Gasteiger partial charge in [0.1, 0.15) is 0 Å². The molecule has 1 aromatic heterocycles. The molecular formula is C7H9BrN2O2. The smallest absolute Gasteiger partial charge is 0.311 e. The summed E-state index contributed by atoms with van der Waals surface area (Å²) in [6.45, 7) is 0. The van der Waals surface area contributed by atoms with E-state index in [4.69, 9.17) is 0 Å². The molecule has 66 valence electrons. The van der Waals surface area contributed by atoms with E-state index in [0.29, 0.717) is 5.69 Å². The SMILES string of the molecule is COC(=O)Cc1nn(C)cc1Br. The molecule has 0 aromatic carbocycles. The molecule has 0 spiro atoms. The van der Waals surface area contributed by atoms with Gasteiger partial charge in [0.05, 0.1) is 23.7 Å². The minimum absolute atomic E-state index is 0.206. The zero-order chi connectivity index (χ0) is 9.14. The van der Waals surface area contributed by atoms with Gasteiger partial charge < -0.3 is 4.74 Å². The Labute approximate surface area is 78.6 Å². The van der Waals surface area contributed by atoms with Crippen molar-refractivity contribution in [3.05, 3.63) is 16.4 Å². The molecule has 1 heterocycles. The third-order valence-corrected chi connectivity index (χ3v) is 2.06. The van der Waals surface area contributed by atoms with Gasteiger partial charge in [-0.2, -0.15) is 5.10 Å². The van der Waals surface area contributed by atoms with E-state index in [0.717, 1.165) is 4.47 Å². The fraction of sp³-hybridized carbons (Fsp3) is 0.429. The normalized spacial score (nSPS) is 9.92. The van der Waals surface area contributed by atoms with Crippen molar-refractivity contribution < 1.29 is 9.53 Å². The molecule has 0 aliphatic rings. The highest BCUT2D eigenvalue weighted by Gasteiger charge is 2.09. The van der Waals surface area contributed by atoms with Crippen molar-refractivity contribution in [2.24, 2.45) is 7.05 Å². The van der Waals surface area contributed by atoms with Crippen LogP contribution in [0.1, 0.15) is 5.69 Å². The van der Waals surface area contributed by atoms with Crippen LogP contribution < -0.4 is 0 Å². The largest absolute Gasteiger partial charge is 0.469 e. The molecule has 0 saturated heterocycles. The van der Waals surface area contributed by atoms with Crippen LogP contribution in [0.25, 0.3) is 0 Å². The first-order valence-electron chi connectivity index (χ1n) is 3.38. The van der Waals surface area contributed by atoms with Crippen LogP contribution >= 0.6 is 15.9 Å². The van der Waals surface area contributed by atoms with E-state index in [1.54, 1.807) is 17.9 Å². The zero-order valence-corrected chi connectivity index (χ0v) is 8.46. The number of esters is 1. The van der Waals surface area contributed by atoms with Gasteiger partial charge in [0.15, 0.2) is 0 Å². The van der Waals surface area contributed by atoms with Crippen LogP contribution in [0.4, 0.5) is 0 Å². The van der Waals surface area contributed by atoms with Crippen LogP contribution in [-0.2, 0) is 23.0 Å². The molecule has 0 fully saturated rings. The number of methoxy groups -OCH3 is 1. The van der Waals surface area contributed by atoms with E-state index >= 15 is 0 Å². The van der Waals surface area contributed by atoms with Gasteiger partial charge in [-0.05, 0) is 15.9 Å². The molecule has 0 N–H and O–H groups in total. The van der Waals surface area contributed by atoms with Gasteiger partial charge in [0.25, 0.3) is 0 Å². The minimum atomic E-state index is -0.283. The predicted molar refractivity (Wildman–Crippen MR) is 46.6 cm³/mol. The first-order valence-corrected chi connectivity index (χ1v) is 4.17. The van der Waals surface area contributed by atoms with Crippen LogP contribution in [0.2, 0.25) is 0 Å². The second-order valence-electron chi connectivity index (χ2n) is 2.35. The number of carbonyl (C=O) groups excluding carboxylic acids is 1. The third kappa shape index (κ3) is 2.07. The van der Waals surface area contributed by atoms with Gasteiger partial charge >= 0.3 is 5.97 Å². The highest BCUT2D eigenvalue weighted by atomic mass is 79.9. The quantitative estimate of drug-likeness (QED) is 0.712. The Morgan fingerprint density at radius 2 is 2.50 bits per heavy atom. The summed E-state index contributed by atoms with van der Waals surface area (Å²) in [5.74, 6) is -0.283. The summed E-state index contributed by atoms with van der Waals surface area (Å²) < 4.78 is 6.98. The van der Waals surface area contributed by atoms with Crippen LogP contribution in [0.15, 0.2) is 10.7 Å². The second-order valence-corrected chi connectivity index (χ2v) is 3.20. The maximum Gasteiger partial charge on any atom is 0.311 e. The Bertz CT molecular complexity index is 296. The van der Waals surface area contributed by atoms with Crippen molar-refractivity contribution >= 4 is 21.9 Å². The van der Waals surface area contributed by atoms with Crippen molar-refractivity contribution in [3.8, 4) is 0 Å². The van der Waals surface area contributed by atoms with E-state index in [-0.39, 0.29) is 12.4 Å². The number of rotatable bonds is 2. The highest BCUT2D eigenvalue weighted by Crippen LogP contribution is 2.14. The van der Waals surface area contributed by atoms with Gasteiger partial charge in [-0.3, -0.25) is 9.48 Å². The summed E-state index contributed by atoms with van der Waals surface area (Å²) in [5, 5.41) is 4.07. The van der Waals surface area contributed by atoms with Crippen LogP contribution in [0.3, 0.4) is 0 Å². The molecule has 5 heteroatoms. The summed E-state index contributed by atoms with van der Waals surface area (Å²) in [4.78, 5) is 10.9. The maximum absolute atomic E-state index is 10.9. The molecule has 0 aliphatic carbocycles. The van der Waals surface area contributed by atoms with Gasteiger partial charge in [-0.25, -0.2) is 0 Å². The van der Waals surface area contributed by atoms with E-state index in [9.17, 15) is 4.79 Å². The molecule has 0 saturated carbocycles. The Kier molecular flexibility index (Phi) is 2.86. The first-order chi connectivity index (χ1) is 5.63. The van der Waals surface area contributed by atoms with Crippen LogP contribution in [0, 0.1) is 0 Å². The monoisotopic (exact) mass is 232 g/mol. The first kappa shape index (κ1) is 9.25. The number of carbonyl (C=O) groups is 1. The standard InChI is InChI=1S/C7H9BrN2O2/c1-10-4-5(8)6(9-10)3-7(11)12-2/h4H,3H2,1-2H3. The van der Waals surface area contributed by atoms with Gasteiger partial charge in [0, 0.05) is 13.2 Å². The predicted octanol–water partition coefficient (Wildman–Crippen LogP) is 0.898. The Morgan fingerprint density at radius 3 is 2.92 bits per heavy atom. The van der Waals surface area contributed by atoms with Gasteiger partial charge in [-0.15, -0.1) is 0 Å². The van der Waals surface area contributed by atoms with E-state index in [1.807, 2.05) is 0 Å². The van der Waals surface area contributed by atoms with Crippen LogP contribution in [0.5, 0.6) is 0 Å². The molecule has 0 atom stereocenters. The Hall–Kier alpha value is -0.840. The van der Waals surface area contributed by atoms with Crippen LogP contribution in [-0.4, -0.2) is 22.9 Å². The molecule has 12 heavy (non-hydrogen) atoms.